The fourth-order valence-electron chi connectivity index (χ4n) is 6.56. The van der Waals surface area contributed by atoms with Crippen molar-refractivity contribution < 1.29 is 37.0 Å². The molecule has 0 spiro atoms. The number of benzene rings is 2. The molecule has 252 valence electrons. The van der Waals surface area contributed by atoms with Crippen molar-refractivity contribution in [3.63, 3.8) is 0 Å². The lowest BCUT2D eigenvalue weighted by Crippen LogP contribution is -2.54. The largest absolute Gasteiger partial charge is 0.490 e. The van der Waals surface area contributed by atoms with Crippen molar-refractivity contribution in [2.45, 2.75) is 62.9 Å². The van der Waals surface area contributed by atoms with Gasteiger partial charge in [0.15, 0.2) is 11.3 Å². The van der Waals surface area contributed by atoms with E-state index in [9.17, 15) is 27.6 Å². The van der Waals surface area contributed by atoms with Gasteiger partial charge in [0.2, 0.25) is 5.91 Å². The summed E-state index contributed by atoms with van der Waals surface area (Å²) in [7, 11) is 0. The normalized spacial score (nSPS) is 21.7. The van der Waals surface area contributed by atoms with Crippen LogP contribution in [0.3, 0.4) is 0 Å². The number of alkyl halides is 3. The monoisotopic (exact) mass is 655 g/mol. The van der Waals surface area contributed by atoms with Gasteiger partial charge in [0.05, 0.1) is 31.3 Å². The summed E-state index contributed by atoms with van der Waals surface area (Å²) in [6, 6.07) is 18.0. The van der Waals surface area contributed by atoms with E-state index in [0.717, 1.165) is 5.56 Å². The van der Waals surface area contributed by atoms with Gasteiger partial charge >= 0.3 is 12.1 Å². The molecule has 10 nitrogen and oxygen atoms in total. The van der Waals surface area contributed by atoms with E-state index in [1.807, 2.05) is 65.6 Å². The average Bonchev–Trinajstić information content (AvgIpc) is 3.50. The predicted octanol–water partition coefficient (Wildman–Crippen LogP) is 4.32. The first-order chi connectivity index (χ1) is 22.6. The zero-order valence-corrected chi connectivity index (χ0v) is 26.3. The summed E-state index contributed by atoms with van der Waals surface area (Å²) in [4.78, 5) is 44.5. The van der Waals surface area contributed by atoms with Crippen molar-refractivity contribution in [3.8, 4) is 11.3 Å². The molecule has 1 aromatic heterocycles. The molecule has 13 heteroatoms. The highest BCUT2D eigenvalue weighted by Gasteiger charge is 2.52. The van der Waals surface area contributed by atoms with Crippen molar-refractivity contribution in [3.05, 3.63) is 78.2 Å². The molecule has 0 bridgehead atoms. The van der Waals surface area contributed by atoms with Gasteiger partial charge in [-0.1, -0.05) is 67.1 Å². The Morgan fingerprint density at radius 3 is 2.49 bits per heavy atom. The molecule has 2 fully saturated rings. The molecule has 1 saturated heterocycles. The van der Waals surface area contributed by atoms with Crippen molar-refractivity contribution in [1.29, 1.82) is 0 Å². The SMILES string of the molecule is CC(=O)NCCOC[C@@]1(OC(=O)C(F)(F)F)CCCC[C@H]1n1cnc(C(=O)N2CCNC[C@H]2Cc2ccccc2)c1-c1ccccc1. The predicted molar refractivity (Wildman–Crippen MR) is 167 cm³/mol. The molecule has 1 aliphatic heterocycles. The van der Waals surface area contributed by atoms with Crippen molar-refractivity contribution in [1.82, 2.24) is 25.1 Å². The number of piperazine rings is 1. The highest BCUT2D eigenvalue weighted by Crippen LogP contribution is 2.44. The zero-order valence-electron chi connectivity index (χ0n) is 26.3. The standard InChI is InChI=1S/C34H40F3N5O5/c1-24(43)39-17-19-46-22-33(47-32(45)34(35,36)37)15-9-8-14-28(33)42-23-40-29(30(42)26-12-6-3-7-13-26)31(44)41-18-16-38-21-27(41)20-25-10-4-2-5-11-25/h2-7,10-13,23,27-28,38H,8-9,14-22H2,1H3,(H,39,43)/t27-,28-,33+/m1/s1. The summed E-state index contributed by atoms with van der Waals surface area (Å²) in [5.41, 5.74) is 0.631. The molecule has 5 rings (SSSR count). The number of hydrogen-bond donors (Lipinski definition) is 2. The van der Waals surface area contributed by atoms with Crippen LogP contribution in [-0.4, -0.2) is 89.4 Å². The van der Waals surface area contributed by atoms with E-state index in [-0.39, 0.29) is 49.7 Å². The molecule has 2 amide bonds. The van der Waals surface area contributed by atoms with E-state index in [1.54, 1.807) is 4.57 Å². The minimum absolute atomic E-state index is 0.00260. The van der Waals surface area contributed by atoms with Gasteiger partial charge in [-0.2, -0.15) is 13.2 Å². The lowest BCUT2D eigenvalue weighted by molar-refractivity contribution is -0.227. The molecule has 2 aromatic carbocycles. The van der Waals surface area contributed by atoms with Gasteiger partial charge < -0.3 is 29.6 Å². The number of carbonyl (C=O) groups is 3. The van der Waals surface area contributed by atoms with Gasteiger partial charge in [0.25, 0.3) is 5.91 Å². The molecule has 0 radical (unpaired) electrons. The maximum Gasteiger partial charge on any atom is 0.490 e. The van der Waals surface area contributed by atoms with Gasteiger partial charge in [0.1, 0.15) is 0 Å². The lowest BCUT2D eigenvalue weighted by Gasteiger charge is -2.44. The summed E-state index contributed by atoms with van der Waals surface area (Å²) < 4.78 is 53.8. The third-order valence-corrected chi connectivity index (χ3v) is 8.73. The fraction of sp³-hybridized carbons (Fsp3) is 0.471. The second-order valence-corrected chi connectivity index (χ2v) is 12.0. The Hall–Kier alpha value is -4.23. The summed E-state index contributed by atoms with van der Waals surface area (Å²) in [5, 5.41) is 5.96. The third-order valence-electron chi connectivity index (χ3n) is 8.73. The van der Waals surface area contributed by atoms with Crippen molar-refractivity contribution in [2.24, 2.45) is 0 Å². The molecule has 47 heavy (non-hydrogen) atoms. The van der Waals surface area contributed by atoms with Crippen LogP contribution in [0, 0.1) is 0 Å². The zero-order chi connectivity index (χ0) is 33.4. The Morgan fingerprint density at radius 2 is 1.79 bits per heavy atom. The summed E-state index contributed by atoms with van der Waals surface area (Å²) >= 11 is 0. The van der Waals surface area contributed by atoms with Crippen LogP contribution in [0.2, 0.25) is 0 Å². The Balaban J connectivity index is 1.53. The number of hydrogen-bond acceptors (Lipinski definition) is 7. The van der Waals surface area contributed by atoms with E-state index < -0.39 is 23.8 Å². The number of nitrogens with zero attached hydrogens (tertiary/aromatic N) is 3. The van der Waals surface area contributed by atoms with Crippen LogP contribution < -0.4 is 10.6 Å². The number of ether oxygens (including phenoxy) is 2. The number of nitrogens with one attached hydrogen (secondary N) is 2. The van der Waals surface area contributed by atoms with Crippen LogP contribution in [0.25, 0.3) is 11.3 Å². The van der Waals surface area contributed by atoms with Gasteiger partial charge in [-0.05, 0) is 31.2 Å². The molecule has 2 heterocycles. The van der Waals surface area contributed by atoms with Crippen LogP contribution in [-0.2, 0) is 25.5 Å². The van der Waals surface area contributed by atoms with Crippen LogP contribution in [0.4, 0.5) is 13.2 Å². The third kappa shape index (κ3) is 8.20. The molecule has 1 aliphatic carbocycles. The molecule has 1 saturated carbocycles. The van der Waals surface area contributed by atoms with Gasteiger partial charge in [0, 0.05) is 44.7 Å². The van der Waals surface area contributed by atoms with E-state index in [2.05, 4.69) is 15.6 Å². The van der Waals surface area contributed by atoms with E-state index in [1.165, 1.54) is 13.3 Å². The Labute approximate surface area is 271 Å². The molecule has 2 aliphatic rings. The maximum atomic E-state index is 14.4. The van der Waals surface area contributed by atoms with E-state index in [0.29, 0.717) is 56.6 Å². The number of aromatic nitrogens is 2. The topological polar surface area (TPSA) is 115 Å². The number of halogens is 3. The second kappa shape index (κ2) is 15.1. The van der Waals surface area contributed by atoms with E-state index in [4.69, 9.17) is 9.47 Å². The maximum absolute atomic E-state index is 14.4. The first-order valence-corrected chi connectivity index (χ1v) is 15.9. The smallest absolute Gasteiger partial charge is 0.448 e. The first kappa shape index (κ1) is 34.1. The first-order valence-electron chi connectivity index (χ1n) is 15.9. The summed E-state index contributed by atoms with van der Waals surface area (Å²) in [6.07, 6.45) is -1.52. The van der Waals surface area contributed by atoms with E-state index >= 15 is 0 Å². The Morgan fingerprint density at radius 1 is 1.06 bits per heavy atom. The quantitative estimate of drug-likeness (QED) is 0.234. The van der Waals surface area contributed by atoms with Crippen LogP contribution in [0.1, 0.15) is 54.7 Å². The highest BCUT2D eigenvalue weighted by molar-refractivity contribution is 5.98. The summed E-state index contributed by atoms with van der Waals surface area (Å²) in [5.74, 6) is -2.87. The number of carbonyl (C=O) groups excluding carboxylic acids is 3. The molecule has 3 atom stereocenters. The van der Waals surface area contributed by atoms with Crippen molar-refractivity contribution in [2.75, 3.05) is 39.4 Å². The fourth-order valence-corrected chi connectivity index (χ4v) is 6.56. The van der Waals surface area contributed by atoms with Gasteiger partial charge in [-0.3, -0.25) is 9.59 Å². The van der Waals surface area contributed by atoms with Crippen LogP contribution >= 0.6 is 0 Å². The number of imidazole rings is 1. The molecular weight excluding hydrogens is 615 g/mol. The number of rotatable bonds is 11. The molecule has 0 unspecified atom stereocenters. The minimum Gasteiger partial charge on any atom is -0.448 e. The molecule has 2 N–H and O–H groups in total. The average molecular weight is 656 g/mol. The van der Waals surface area contributed by atoms with Gasteiger partial charge in [-0.15, -0.1) is 0 Å². The van der Waals surface area contributed by atoms with Crippen molar-refractivity contribution >= 4 is 17.8 Å². The van der Waals surface area contributed by atoms with Gasteiger partial charge in [-0.25, -0.2) is 9.78 Å². The van der Waals surface area contributed by atoms with Crippen LogP contribution in [0.5, 0.6) is 0 Å². The Bertz CT molecular complexity index is 1520. The summed E-state index contributed by atoms with van der Waals surface area (Å²) in [6.45, 7) is 2.79. The second-order valence-electron chi connectivity index (χ2n) is 12.0. The van der Waals surface area contributed by atoms with Crippen LogP contribution in [0.15, 0.2) is 67.0 Å². The lowest BCUT2D eigenvalue weighted by atomic mass is 9.80. The molecular formula is C34H40F3N5O5. The number of amides is 2. The number of esters is 1. The molecule has 3 aromatic rings. The highest BCUT2D eigenvalue weighted by atomic mass is 19.4. The minimum atomic E-state index is -5.22. The Kier molecular flexibility index (Phi) is 11.0.